The van der Waals surface area contributed by atoms with E-state index in [2.05, 4.69) is 19.9 Å². The minimum atomic E-state index is -0.406. The van der Waals surface area contributed by atoms with Crippen molar-refractivity contribution in [2.75, 3.05) is 6.61 Å². The van der Waals surface area contributed by atoms with Gasteiger partial charge in [-0.2, -0.15) is 0 Å². The fourth-order valence-electron chi connectivity index (χ4n) is 3.05. The van der Waals surface area contributed by atoms with Crippen molar-refractivity contribution < 1.29 is 9.53 Å². The van der Waals surface area contributed by atoms with Crippen LogP contribution in [0.4, 0.5) is 0 Å². The fourth-order valence-corrected chi connectivity index (χ4v) is 3.05. The zero-order chi connectivity index (χ0) is 11.6. The molecular formula is C13H17NO2. The Morgan fingerprint density at radius 3 is 2.88 bits per heavy atom. The van der Waals surface area contributed by atoms with E-state index in [9.17, 15) is 4.79 Å². The predicted octanol–water partition coefficient (Wildman–Crippen LogP) is 1.71. The molecule has 0 aromatic heterocycles. The molecule has 0 N–H and O–H groups in total. The summed E-state index contributed by atoms with van der Waals surface area (Å²) >= 11 is 0. The lowest BCUT2D eigenvalue weighted by atomic mass is 9.76. The van der Waals surface area contributed by atoms with E-state index in [1.54, 1.807) is 0 Å². The molecule has 86 valence electrons. The second-order valence-electron chi connectivity index (χ2n) is 5.74. The summed E-state index contributed by atoms with van der Waals surface area (Å²) in [4.78, 5) is 14.4. The highest BCUT2D eigenvalue weighted by Gasteiger charge is 2.61. The molecule has 3 aliphatic rings. The van der Waals surface area contributed by atoms with Crippen LogP contribution < -0.4 is 0 Å². The summed E-state index contributed by atoms with van der Waals surface area (Å²) in [6.45, 7) is 6.78. The summed E-state index contributed by atoms with van der Waals surface area (Å²) in [5.74, 6) is 0.359. The van der Waals surface area contributed by atoms with E-state index in [4.69, 9.17) is 4.74 Å². The largest absolute Gasteiger partial charge is 0.355 e. The molecule has 16 heavy (non-hydrogen) atoms. The van der Waals surface area contributed by atoms with Crippen molar-refractivity contribution in [3.8, 4) is 0 Å². The first-order valence-corrected chi connectivity index (χ1v) is 5.78. The van der Waals surface area contributed by atoms with Gasteiger partial charge in [-0.1, -0.05) is 24.3 Å². The van der Waals surface area contributed by atoms with Gasteiger partial charge < -0.3 is 9.64 Å². The number of nitrogens with zero attached hydrogens (tertiary/aromatic N) is 1. The SMILES string of the molecule is CC1(C)CO[C@@H]2[C@H]3C=CC=C[C@@]3(C)C(=O)N21. The van der Waals surface area contributed by atoms with Gasteiger partial charge in [0.05, 0.1) is 17.6 Å². The third-order valence-electron chi connectivity index (χ3n) is 4.07. The van der Waals surface area contributed by atoms with Gasteiger partial charge in [0.1, 0.15) is 6.23 Å². The van der Waals surface area contributed by atoms with Crippen molar-refractivity contribution in [2.24, 2.45) is 11.3 Å². The number of hydrogen-bond donors (Lipinski definition) is 0. The van der Waals surface area contributed by atoms with Gasteiger partial charge in [-0.05, 0) is 20.8 Å². The van der Waals surface area contributed by atoms with Crippen LogP contribution >= 0.6 is 0 Å². The summed E-state index contributed by atoms with van der Waals surface area (Å²) in [6, 6.07) is 0. The Labute approximate surface area is 95.8 Å². The molecule has 2 saturated heterocycles. The Balaban J connectivity index is 2.09. The van der Waals surface area contributed by atoms with E-state index in [0.29, 0.717) is 6.61 Å². The van der Waals surface area contributed by atoms with Crippen LogP contribution in [0.1, 0.15) is 20.8 Å². The molecule has 3 nitrogen and oxygen atoms in total. The fraction of sp³-hybridized carbons (Fsp3) is 0.615. The van der Waals surface area contributed by atoms with Crippen molar-refractivity contribution in [1.82, 2.24) is 4.90 Å². The molecule has 0 spiro atoms. The summed E-state index contributed by atoms with van der Waals surface area (Å²) in [6.07, 6.45) is 8.01. The summed E-state index contributed by atoms with van der Waals surface area (Å²) in [7, 11) is 0. The minimum Gasteiger partial charge on any atom is -0.355 e. The maximum absolute atomic E-state index is 12.5. The van der Waals surface area contributed by atoms with Crippen LogP contribution in [0.25, 0.3) is 0 Å². The molecule has 0 aromatic rings. The first kappa shape index (κ1) is 10.1. The number of allylic oxidation sites excluding steroid dienone is 2. The number of rotatable bonds is 0. The third kappa shape index (κ3) is 0.995. The van der Waals surface area contributed by atoms with Crippen LogP contribution in [0.3, 0.4) is 0 Å². The Bertz CT molecular complexity index is 410. The second-order valence-corrected chi connectivity index (χ2v) is 5.74. The quantitative estimate of drug-likeness (QED) is 0.620. The molecule has 0 unspecified atom stereocenters. The van der Waals surface area contributed by atoms with Gasteiger partial charge in [-0.25, -0.2) is 0 Å². The molecule has 3 rings (SSSR count). The maximum atomic E-state index is 12.5. The lowest BCUT2D eigenvalue weighted by Crippen LogP contribution is -2.46. The van der Waals surface area contributed by atoms with E-state index in [0.717, 1.165) is 0 Å². The molecule has 0 bridgehead atoms. The Hall–Kier alpha value is -1.09. The van der Waals surface area contributed by atoms with E-state index >= 15 is 0 Å². The van der Waals surface area contributed by atoms with Crippen molar-refractivity contribution in [1.29, 1.82) is 0 Å². The highest BCUT2D eigenvalue weighted by Crippen LogP contribution is 2.50. The molecule has 0 aromatic carbocycles. The monoisotopic (exact) mass is 219 g/mol. The highest BCUT2D eigenvalue weighted by molar-refractivity contribution is 5.89. The van der Waals surface area contributed by atoms with Gasteiger partial charge in [0, 0.05) is 5.92 Å². The average Bonchev–Trinajstić information content (AvgIpc) is 2.64. The van der Waals surface area contributed by atoms with Crippen molar-refractivity contribution in [3.63, 3.8) is 0 Å². The molecule has 2 heterocycles. The van der Waals surface area contributed by atoms with Gasteiger partial charge in [0.2, 0.25) is 5.91 Å². The van der Waals surface area contributed by atoms with Crippen LogP contribution in [0.2, 0.25) is 0 Å². The lowest BCUT2D eigenvalue weighted by Gasteiger charge is -2.30. The first-order chi connectivity index (χ1) is 7.47. The highest BCUT2D eigenvalue weighted by atomic mass is 16.5. The van der Waals surface area contributed by atoms with Crippen LogP contribution in [0, 0.1) is 11.3 Å². The number of hydrogen-bond acceptors (Lipinski definition) is 2. The standard InChI is InChI=1S/C13H17NO2/c1-12(2)8-16-10-9-6-4-5-7-13(9,3)11(15)14(10)12/h4-7,9-10H,8H2,1-3H3/t9-,10-,13-/m1/s1. The van der Waals surface area contributed by atoms with Gasteiger partial charge >= 0.3 is 0 Å². The number of carbonyl (C=O) groups is 1. The van der Waals surface area contributed by atoms with Gasteiger partial charge in [0.15, 0.2) is 0 Å². The van der Waals surface area contributed by atoms with Crippen molar-refractivity contribution in [2.45, 2.75) is 32.5 Å². The maximum Gasteiger partial charge on any atom is 0.235 e. The number of carbonyl (C=O) groups excluding carboxylic acids is 1. The second kappa shape index (κ2) is 2.77. The minimum absolute atomic E-state index is 0.0753. The lowest BCUT2D eigenvalue weighted by molar-refractivity contribution is -0.137. The number of fused-ring (bicyclic) bond motifs is 3. The van der Waals surface area contributed by atoms with Crippen molar-refractivity contribution >= 4 is 5.91 Å². The van der Waals surface area contributed by atoms with Gasteiger partial charge in [0.25, 0.3) is 0 Å². The van der Waals surface area contributed by atoms with Crippen LogP contribution in [-0.2, 0) is 9.53 Å². The van der Waals surface area contributed by atoms with Crippen LogP contribution in [0.5, 0.6) is 0 Å². The van der Waals surface area contributed by atoms with Gasteiger partial charge in [-0.3, -0.25) is 4.79 Å². The zero-order valence-corrected chi connectivity index (χ0v) is 9.93. The van der Waals surface area contributed by atoms with Crippen molar-refractivity contribution in [3.05, 3.63) is 24.3 Å². The molecule has 0 saturated carbocycles. The molecule has 3 atom stereocenters. The Morgan fingerprint density at radius 2 is 2.12 bits per heavy atom. The first-order valence-electron chi connectivity index (χ1n) is 5.78. The molecular weight excluding hydrogens is 202 g/mol. The Kier molecular flexibility index (Phi) is 1.75. The van der Waals surface area contributed by atoms with E-state index in [1.807, 2.05) is 30.1 Å². The molecule has 1 amide bonds. The molecule has 1 aliphatic carbocycles. The Morgan fingerprint density at radius 1 is 1.38 bits per heavy atom. The summed E-state index contributed by atoms with van der Waals surface area (Å²) in [5.41, 5.74) is -0.582. The number of amides is 1. The molecule has 0 radical (unpaired) electrons. The summed E-state index contributed by atoms with van der Waals surface area (Å²) in [5, 5.41) is 0. The smallest absolute Gasteiger partial charge is 0.235 e. The van der Waals surface area contributed by atoms with E-state index < -0.39 is 5.41 Å². The predicted molar refractivity (Wildman–Crippen MR) is 60.5 cm³/mol. The molecule has 2 fully saturated rings. The topological polar surface area (TPSA) is 29.5 Å². The van der Waals surface area contributed by atoms with Crippen LogP contribution in [0.15, 0.2) is 24.3 Å². The third-order valence-corrected chi connectivity index (χ3v) is 4.07. The molecule has 3 heteroatoms. The molecule has 2 aliphatic heterocycles. The van der Waals surface area contributed by atoms with E-state index in [-0.39, 0.29) is 23.6 Å². The normalized spacial score (nSPS) is 43.7. The van der Waals surface area contributed by atoms with E-state index in [1.165, 1.54) is 0 Å². The summed E-state index contributed by atoms with van der Waals surface area (Å²) < 4.78 is 5.82. The average molecular weight is 219 g/mol. The van der Waals surface area contributed by atoms with Gasteiger partial charge in [-0.15, -0.1) is 0 Å². The number of ether oxygens (including phenoxy) is 1. The van der Waals surface area contributed by atoms with Crippen LogP contribution in [-0.4, -0.2) is 29.2 Å². The zero-order valence-electron chi connectivity index (χ0n) is 9.93.